The Morgan fingerprint density at radius 2 is 2.00 bits per heavy atom. The van der Waals surface area contributed by atoms with Crippen LogP contribution in [-0.4, -0.2) is 16.5 Å². The van der Waals surface area contributed by atoms with Crippen LogP contribution in [0.2, 0.25) is 0 Å². The van der Waals surface area contributed by atoms with Gasteiger partial charge in [0.2, 0.25) is 0 Å². The number of rotatable bonds is 1. The maximum atomic E-state index is 4.72. The van der Waals surface area contributed by atoms with Crippen molar-refractivity contribution in [1.29, 1.82) is 0 Å². The molecule has 2 rings (SSSR count). The normalized spacial score (nSPS) is 16.0. The highest BCUT2D eigenvalue weighted by Gasteiger charge is 2.25. The van der Waals surface area contributed by atoms with Crippen LogP contribution in [0.3, 0.4) is 0 Å². The standard InChI is InChI=1S/C13H21N3/c1-5-11-15-10-6-7-14-8-9(10)12(16-11)13(2,3)4/h14H,5-8H2,1-4H3. The second-order valence-electron chi connectivity index (χ2n) is 5.44. The molecule has 0 atom stereocenters. The second kappa shape index (κ2) is 4.13. The van der Waals surface area contributed by atoms with Crippen molar-refractivity contribution >= 4 is 0 Å². The topological polar surface area (TPSA) is 37.8 Å². The molecule has 0 aliphatic carbocycles. The van der Waals surface area contributed by atoms with E-state index in [1.54, 1.807) is 0 Å². The van der Waals surface area contributed by atoms with Crippen LogP contribution in [0, 0.1) is 0 Å². The van der Waals surface area contributed by atoms with Gasteiger partial charge in [0.1, 0.15) is 5.82 Å². The Morgan fingerprint density at radius 3 is 2.62 bits per heavy atom. The van der Waals surface area contributed by atoms with E-state index in [1.807, 2.05) is 0 Å². The van der Waals surface area contributed by atoms with Gasteiger partial charge >= 0.3 is 0 Å². The summed E-state index contributed by atoms with van der Waals surface area (Å²) in [6.07, 6.45) is 1.96. The van der Waals surface area contributed by atoms with Crippen molar-refractivity contribution in [2.75, 3.05) is 6.54 Å². The first kappa shape index (κ1) is 11.5. The zero-order valence-corrected chi connectivity index (χ0v) is 10.7. The second-order valence-corrected chi connectivity index (χ2v) is 5.44. The maximum Gasteiger partial charge on any atom is 0.128 e. The molecule has 88 valence electrons. The summed E-state index contributed by atoms with van der Waals surface area (Å²) in [5.74, 6) is 0.991. The van der Waals surface area contributed by atoms with Crippen molar-refractivity contribution in [2.45, 2.75) is 52.5 Å². The SMILES string of the molecule is CCc1nc2c(c(C(C)(C)C)n1)CNCC2. The van der Waals surface area contributed by atoms with Crippen molar-refractivity contribution in [3.05, 3.63) is 22.8 Å². The number of fused-ring (bicyclic) bond motifs is 1. The first-order chi connectivity index (χ1) is 7.52. The average Bonchev–Trinajstić information content (AvgIpc) is 2.26. The Kier molecular flexibility index (Phi) is 2.98. The number of hydrogen-bond acceptors (Lipinski definition) is 3. The van der Waals surface area contributed by atoms with Crippen molar-refractivity contribution in [3.8, 4) is 0 Å². The zero-order valence-electron chi connectivity index (χ0n) is 10.7. The first-order valence-corrected chi connectivity index (χ1v) is 6.12. The molecule has 0 bridgehead atoms. The number of aryl methyl sites for hydroxylation is 1. The summed E-state index contributed by atoms with van der Waals surface area (Å²) >= 11 is 0. The largest absolute Gasteiger partial charge is 0.312 e. The molecule has 1 aliphatic rings. The quantitative estimate of drug-likeness (QED) is 0.785. The van der Waals surface area contributed by atoms with Gasteiger partial charge in [-0.15, -0.1) is 0 Å². The minimum Gasteiger partial charge on any atom is -0.312 e. The van der Waals surface area contributed by atoms with Gasteiger partial charge in [0.05, 0.1) is 11.4 Å². The van der Waals surface area contributed by atoms with Crippen LogP contribution in [0.5, 0.6) is 0 Å². The van der Waals surface area contributed by atoms with Gasteiger partial charge in [0, 0.05) is 36.9 Å². The summed E-state index contributed by atoms with van der Waals surface area (Å²) in [5.41, 5.74) is 3.92. The van der Waals surface area contributed by atoms with Gasteiger partial charge < -0.3 is 5.32 Å². The maximum absolute atomic E-state index is 4.72. The first-order valence-electron chi connectivity index (χ1n) is 6.12. The van der Waals surface area contributed by atoms with E-state index in [-0.39, 0.29) is 5.41 Å². The molecule has 0 radical (unpaired) electrons. The summed E-state index contributed by atoms with van der Waals surface area (Å²) in [5, 5.41) is 3.41. The van der Waals surface area contributed by atoms with Crippen molar-refractivity contribution in [2.24, 2.45) is 0 Å². The molecule has 3 nitrogen and oxygen atoms in total. The van der Waals surface area contributed by atoms with Crippen LogP contribution in [0.25, 0.3) is 0 Å². The summed E-state index contributed by atoms with van der Waals surface area (Å²) in [4.78, 5) is 9.38. The highest BCUT2D eigenvalue weighted by atomic mass is 15.0. The van der Waals surface area contributed by atoms with E-state index in [0.29, 0.717) is 0 Å². The van der Waals surface area contributed by atoms with Gasteiger partial charge in [0.25, 0.3) is 0 Å². The Hall–Kier alpha value is -0.960. The molecular weight excluding hydrogens is 198 g/mol. The molecule has 0 saturated heterocycles. The summed E-state index contributed by atoms with van der Waals surface area (Å²) in [7, 11) is 0. The fourth-order valence-corrected chi connectivity index (χ4v) is 2.17. The molecule has 0 unspecified atom stereocenters. The minimum atomic E-state index is 0.107. The molecule has 1 N–H and O–H groups in total. The van der Waals surface area contributed by atoms with E-state index in [0.717, 1.165) is 31.8 Å². The molecule has 0 amide bonds. The molecule has 0 fully saturated rings. The van der Waals surface area contributed by atoms with Gasteiger partial charge in [0.15, 0.2) is 0 Å². The lowest BCUT2D eigenvalue weighted by molar-refractivity contribution is 0.526. The van der Waals surface area contributed by atoms with E-state index in [4.69, 9.17) is 4.98 Å². The van der Waals surface area contributed by atoms with Crippen LogP contribution in [0.15, 0.2) is 0 Å². The predicted octanol–water partition coefficient (Wildman–Crippen LogP) is 1.98. The van der Waals surface area contributed by atoms with Crippen molar-refractivity contribution in [1.82, 2.24) is 15.3 Å². The van der Waals surface area contributed by atoms with Crippen LogP contribution < -0.4 is 5.32 Å². The molecule has 2 heterocycles. The van der Waals surface area contributed by atoms with E-state index < -0.39 is 0 Å². The Morgan fingerprint density at radius 1 is 1.25 bits per heavy atom. The van der Waals surface area contributed by atoms with E-state index in [9.17, 15) is 0 Å². The predicted molar refractivity (Wildman–Crippen MR) is 65.5 cm³/mol. The molecule has 0 spiro atoms. The fraction of sp³-hybridized carbons (Fsp3) is 0.692. The molecule has 16 heavy (non-hydrogen) atoms. The summed E-state index contributed by atoms with van der Waals surface area (Å²) in [6, 6.07) is 0. The molecule has 0 aromatic carbocycles. The smallest absolute Gasteiger partial charge is 0.128 e. The molecule has 1 aromatic rings. The molecule has 1 aliphatic heterocycles. The molecular formula is C13H21N3. The van der Waals surface area contributed by atoms with Crippen LogP contribution in [-0.2, 0) is 24.8 Å². The highest BCUT2D eigenvalue weighted by Crippen LogP contribution is 2.27. The van der Waals surface area contributed by atoms with Crippen LogP contribution >= 0.6 is 0 Å². The number of nitrogens with zero attached hydrogens (tertiary/aromatic N) is 2. The highest BCUT2D eigenvalue weighted by molar-refractivity contribution is 5.32. The van der Waals surface area contributed by atoms with Gasteiger partial charge in [-0.3, -0.25) is 0 Å². The molecule has 1 aromatic heterocycles. The van der Waals surface area contributed by atoms with Crippen LogP contribution in [0.1, 0.15) is 50.5 Å². The third kappa shape index (κ3) is 2.09. The molecule has 3 heteroatoms. The third-order valence-electron chi connectivity index (χ3n) is 3.01. The monoisotopic (exact) mass is 219 g/mol. The van der Waals surface area contributed by atoms with Crippen molar-refractivity contribution < 1.29 is 0 Å². The van der Waals surface area contributed by atoms with Gasteiger partial charge in [-0.25, -0.2) is 9.97 Å². The number of hydrogen-bond donors (Lipinski definition) is 1. The summed E-state index contributed by atoms with van der Waals surface area (Å²) in [6.45, 7) is 10.8. The van der Waals surface area contributed by atoms with Gasteiger partial charge in [-0.05, 0) is 0 Å². The number of aromatic nitrogens is 2. The third-order valence-corrected chi connectivity index (χ3v) is 3.01. The molecule has 0 saturated carbocycles. The Balaban J connectivity index is 2.56. The van der Waals surface area contributed by atoms with Gasteiger partial charge in [-0.2, -0.15) is 0 Å². The average molecular weight is 219 g/mol. The fourth-order valence-electron chi connectivity index (χ4n) is 2.17. The Labute approximate surface area is 97.7 Å². The minimum absolute atomic E-state index is 0.107. The lowest BCUT2D eigenvalue weighted by atomic mass is 9.86. The van der Waals surface area contributed by atoms with Crippen molar-refractivity contribution in [3.63, 3.8) is 0 Å². The zero-order chi connectivity index (χ0) is 11.8. The Bertz CT molecular complexity index is 391. The van der Waals surface area contributed by atoms with E-state index in [2.05, 4.69) is 38.0 Å². The summed E-state index contributed by atoms with van der Waals surface area (Å²) < 4.78 is 0. The number of nitrogens with one attached hydrogen (secondary N) is 1. The van der Waals surface area contributed by atoms with E-state index >= 15 is 0 Å². The van der Waals surface area contributed by atoms with Gasteiger partial charge in [-0.1, -0.05) is 27.7 Å². The van der Waals surface area contributed by atoms with Crippen LogP contribution in [0.4, 0.5) is 0 Å². The lowest BCUT2D eigenvalue weighted by Crippen LogP contribution is -2.30. The lowest BCUT2D eigenvalue weighted by Gasteiger charge is -2.26. The van der Waals surface area contributed by atoms with E-state index in [1.165, 1.54) is 17.0 Å².